The van der Waals surface area contributed by atoms with Crippen molar-refractivity contribution in [1.82, 2.24) is 10.3 Å². The van der Waals surface area contributed by atoms with Gasteiger partial charge in [-0.2, -0.15) is 0 Å². The molecule has 1 aliphatic rings. The van der Waals surface area contributed by atoms with Crippen molar-refractivity contribution in [3.8, 4) is 17.0 Å². The molecule has 1 amide bonds. The topological polar surface area (TPSA) is 66.1 Å². The summed E-state index contributed by atoms with van der Waals surface area (Å²) in [4.78, 5) is 16.1. The van der Waals surface area contributed by atoms with Crippen LogP contribution in [-0.2, 0) is 6.42 Å². The van der Waals surface area contributed by atoms with E-state index in [2.05, 4.69) is 15.6 Å². The molecule has 3 N–H and O–H groups in total. The van der Waals surface area contributed by atoms with Crippen LogP contribution in [0.1, 0.15) is 16.1 Å². The van der Waals surface area contributed by atoms with Gasteiger partial charge in [0.05, 0.1) is 29.7 Å². The highest BCUT2D eigenvalue weighted by molar-refractivity contribution is 7.17. The van der Waals surface area contributed by atoms with Crippen LogP contribution in [-0.4, -0.2) is 24.5 Å². The van der Waals surface area contributed by atoms with Crippen LogP contribution >= 0.6 is 22.9 Å². The average molecular weight is 442 g/mol. The lowest BCUT2D eigenvalue weighted by atomic mass is 10.0. The van der Waals surface area contributed by atoms with Crippen molar-refractivity contribution in [3.05, 3.63) is 63.9 Å². The smallest absolute Gasteiger partial charge is 0.255 e. The van der Waals surface area contributed by atoms with Gasteiger partial charge in [0.25, 0.3) is 5.91 Å². The van der Waals surface area contributed by atoms with Gasteiger partial charge >= 0.3 is 0 Å². The molecule has 152 valence electrons. The summed E-state index contributed by atoms with van der Waals surface area (Å²) in [5.74, 6) is -0.562. The van der Waals surface area contributed by atoms with Gasteiger partial charge in [-0.05, 0) is 30.3 Å². The highest BCUT2D eigenvalue weighted by atomic mass is 35.5. The van der Waals surface area contributed by atoms with E-state index >= 15 is 0 Å². The molecule has 30 heavy (non-hydrogen) atoms. The molecule has 2 aromatic heterocycles. The predicted molar refractivity (Wildman–Crippen MR) is 119 cm³/mol. The number of methoxy groups -OCH3 is 1. The number of aromatic nitrogens is 1. The van der Waals surface area contributed by atoms with Crippen LogP contribution in [0.5, 0.6) is 5.75 Å². The van der Waals surface area contributed by atoms with Gasteiger partial charge < -0.3 is 20.4 Å². The maximum absolute atomic E-state index is 14.3. The van der Waals surface area contributed by atoms with Crippen molar-refractivity contribution in [2.75, 3.05) is 19.0 Å². The first-order valence-electron chi connectivity index (χ1n) is 9.36. The summed E-state index contributed by atoms with van der Waals surface area (Å²) in [7, 11) is 1.41. The van der Waals surface area contributed by atoms with E-state index in [1.165, 1.54) is 13.2 Å². The number of ether oxygens (including phenoxy) is 1. The van der Waals surface area contributed by atoms with Crippen LogP contribution in [0, 0.1) is 5.82 Å². The van der Waals surface area contributed by atoms with Crippen LogP contribution in [0.25, 0.3) is 21.3 Å². The molecule has 0 unspecified atom stereocenters. The van der Waals surface area contributed by atoms with Gasteiger partial charge in [0.2, 0.25) is 0 Å². The second-order valence-corrected chi connectivity index (χ2v) is 8.32. The number of nitrogens with one attached hydrogen (secondary N) is 3. The molecule has 0 saturated carbocycles. The second-order valence-electron chi connectivity index (χ2n) is 6.97. The van der Waals surface area contributed by atoms with Crippen LogP contribution in [0.2, 0.25) is 5.02 Å². The summed E-state index contributed by atoms with van der Waals surface area (Å²) in [6, 6.07) is 10.4. The molecule has 4 aromatic rings. The Morgan fingerprint density at radius 3 is 2.97 bits per heavy atom. The Bertz CT molecular complexity index is 1300. The maximum atomic E-state index is 14.3. The second kappa shape index (κ2) is 7.34. The van der Waals surface area contributed by atoms with Gasteiger partial charge in [-0.25, -0.2) is 4.39 Å². The third kappa shape index (κ3) is 3.02. The highest BCUT2D eigenvalue weighted by Gasteiger charge is 2.28. The summed E-state index contributed by atoms with van der Waals surface area (Å²) < 4.78 is 20.6. The van der Waals surface area contributed by atoms with Crippen molar-refractivity contribution in [3.63, 3.8) is 0 Å². The molecule has 0 aliphatic carbocycles. The van der Waals surface area contributed by atoms with E-state index in [0.717, 1.165) is 27.0 Å². The fourth-order valence-electron chi connectivity index (χ4n) is 3.85. The van der Waals surface area contributed by atoms with Crippen LogP contribution in [0.3, 0.4) is 0 Å². The number of amides is 1. The molecule has 2 aromatic carbocycles. The van der Waals surface area contributed by atoms with Crippen molar-refractivity contribution in [2.45, 2.75) is 6.42 Å². The lowest BCUT2D eigenvalue weighted by Gasteiger charge is -2.16. The van der Waals surface area contributed by atoms with Crippen molar-refractivity contribution >= 4 is 50.3 Å². The summed E-state index contributed by atoms with van der Waals surface area (Å²) in [5, 5.41) is 9.80. The van der Waals surface area contributed by atoms with E-state index < -0.39 is 5.82 Å². The Kier molecular flexibility index (Phi) is 4.64. The van der Waals surface area contributed by atoms with E-state index in [-0.39, 0.29) is 11.7 Å². The minimum Gasteiger partial charge on any atom is -0.492 e. The fourth-order valence-corrected chi connectivity index (χ4v) is 4.95. The first-order chi connectivity index (χ1) is 14.6. The molecule has 0 fully saturated rings. The number of H-pyrrole nitrogens is 1. The maximum Gasteiger partial charge on any atom is 0.255 e. The SMILES string of the molecule is COc1c(F)cccc1Nc1c(-c2csc3ccc(Cl)cc23)[nH]c2c1C(=O)NCC2. The lowest BCUT2D eigenvalue weighted by molar-refractivity contribution is 0.0947. The van der Waals surface area contributed by atoms with Gasteiger partial charge in [0.15, 0.2) is 11.6 Å². The summed E-state index contributed by atoms with van der Waals surface area (Å²) in [6.45, 7) is 0.560. The number of fused-ring (bicyclic) bond motifs is 2. The first kappa shape index (κ1) is 19.0. The first-order valence-corrected chi connectivity index (χ1v) is 10.6. The number of thiophene rings is 1. The molecule has 0 atom stereocenters. The molecule has 5 nitrogen and oxygen atoms in total. The zero-order chi connectivity index (χ0) is 20.8. The average Bonchev–Trinajstić information content (AvgIpc) is 3.30. The quantitative estimate of drug-likeness (QED) is 0.379. The fraction of sp³-hybridized carbons (Fsp3) is 0.136. The number of hydrogen-bond donors (Lipinski definition) is 3. The van der Waals surface area contributed by atoms with E-state index in [4.69, 9.17) is 16.3 Å². The molecule has 5 rings (SSSR count). The minimum atomic E-state index is -0.481. The van der Waals surface area contributed by atoms with E-state index in [9.17, 15) is 9.18 Å². The standard InChI is InChI=1S/C22H17ClFN3O2S/c1-29-21-14(24)3-2-4-16(21)27-20-18-15(7-8-25-22(18)28)26-19(20)13-10-30-17-6-5-11(23)9-12(13)17/h2-6,9-10,26-27H,7-8H2,1H3,(H,25,28). The van der Waals surface area contributed by atoms with Gasteiger partial charge in [0, 0.05) is 44.7 Å². The zero-order valence-corrected chi connectivity index (χ0v) is 17.5. The normalized spacial score (nSPS) is 13.2. The summed E-state index contributed by atoms with van der Waals surface area (Å²) >= 11 is 7.84. The Labute approximate surface area is 180 Å². The number of aromatic amines is 1. The van der Waals surface area contributed by atoms with E-state index in [1.54, 1.807) is 23.5 Å². The van der Waals surface area contributed by atoms with Gasteiger partial charge in [-0.15, -0.1) is 11.3 Å². The van der Waals surface area contributed by atoms with Crippen LogP contribution in [0.15, 0.2) is 41.8 Å². The molecule has 0 spiro atoms. The Morgan fingerprint density at radius 2 is 2.13 bits per heavy atom. The zero-order valence-electron chi connectivity index (χ0n) is 15.9. The lowest BCUT2D eigenvalue weighted by Crippen LogP contribution is -2.31. The summed E-state index contributed by atoms with van der Waals surface area (Å²) in [6.07, 6.45) is 0.679. The van der Waals surface area contributed by atoms with E-state index in [0.29, 0.717) is 34.9 Å². The minimum absolute atomic E-state index is 0.0906. The number of halogens is 2. The van der Waals surface area contributed by atoms with E-state index in [1.807, 2.05) is 23.6 Å². The van der Waals surface area contributed by atoms with Gasteiger partial charge in [-0.3, -0.25) is 4.79 Å². The highest BCUT2D eigenvalue weighted by Crippen LogP contribution is 2.43. The molecule has 8 heteroatoms. The summed E-state index contributed by atoms with van der Waals surface area (Å²) in [5.41, 5.74) is 4.09. The molecular weight excluding hydrogens is 425 g/mol. The van der Waals surface area contributed by atoms with Crippen molar-refractivity contribution in [1.29, 1.82) is 0 Å². The number of carbonyl (C=O) groups is 1. The number of anilines is 2. The predicted octanol–water partition coefficient (Wildman–Crippen LogP) is 5.73. The number of carbonyl (C=O) groups excluding carboxylic acids is 1. The number of para-hydroxylation sites is 1. The van der Waals surface area contributed by atoms with Gasteiger partial charge in [0.1, 0.15) is 0 Å². The molecule has 0 saturated heterocycles. The van der Waals surface area contributed by atoms with Crippen molar-refractivity contribution < 1.29 is 13.9 Å². The monoisotopic (exact) mass is 441 g/mol. The third-order valence-electron chi connectivity index (χ3n) is 5.20. The molecule has 0 radical (unpaired) electrons. The van der Waals surface area contributed by atoms with Crippen LogP contribution in [0.4, 0.5) is 15.8 Å². The van der Waals surface area contributed by atoms with Crippen LogP contribution < -0.4 is 15.4 Å². The number of hydrogen-bond acceptors (Lipinski definition) is 4. The third-order valence-corrected chi connectivity index (χ3v) is 6.40. The van der Waals surface area contributed by atoms with Gasteiger partial charge in [-0.1, -0.05) is 17.7 Å². The largest absolute Gasteiger partial charge is 0.492 e. The molecular formula is C22H17ClFN3O2S. The van der Waals surface area contributed by atoms with Crippen molar-refractivity contribution in [2.24, 2.45) is 0 Å². The molecule has 3 heterocycles. The molecule has 0 bridgehead atoms. The molecule has 1 aliphatic heterocycles. The Hall–Kier alpha value is -3.03. The number of rotatable bonds is 4. The Balaban J connectivity index is 1.74. The Morgan fingerprint density at radius 1 is 1.27 bits per heavy atom. The number of benzene rings is 2.